The summed E-state index contributed by atoms with van der Waals surface area (Å²) >= 11 is 9.87. The van der Waals surface area contributed by atoms with E-state index < -0.39 is 21.8 Å². The molecule has 7 nitrogen and oxygen atoms in total. The third-order valence-electron chi connectivity index (χ3n) is 6.20. The van der Waals surface area contributed by atoms with Gasteiger partial charge in [0.05, 0.1) is 26.8 Å². The molecule has 0 atom stereocenters. The van der Waals surface area contributed by atoms with E-state index in [0.717, 1.165) is 29.8 Å². The first-order valence-electron chi connectivity index (χ1n) is 11.3. The van der Waals surface area contributed by atoms with Crippen molar-refractivity contribution in [1.29, 1.82) is 0 Å². The number of halogens is 5. The Kier molecular flexibility index (Phi) is 6.94. The van der Waals surface area contributed by atoms with E-state index in [4.69, 9.17) is 11.6 Å². The van der Waals surface area contributed by atoms with Crippen molar-refractivity contribution in [1.82, 2.24) is 18.9 Å². The molecule has 2 aromatic carbocycles. The molecule has 0 aliphatic carbocycles. The number of piperidine rings is 1. The number of fused-ring (bicyclic) bond motifs is 1. The SMILES string of the molecule is O=S(=O)(c1ccc(C(F)(F)F)cc1)N1CCC(Nc2cc(-c3ccccc3Cl)nc3c(Br)cnn23)CC1. The number of nitrogens with zero attached hydrogens (tertiary/aromatic N) is 4. The van der Waals surface area contributed by atoms with Gasteiger partial charge in [-0.05, 0) is 59.1 Å². The van der Waals surface area contributed by atoms with E-state index >= 15 is 0 Å². The fraction of sp³-hybridized carbons (Fsp3) is 0.250. The second-order valence-electron chi connectivity index (χ2n) is 8.58. The Balaban J connectivity index is 1.34. The number of nitrogens with one attached hydrogen (secondary N) is 1. The number of aromatic nitrogens is 3. The Morgan fingerprint density at radius 2 is 1.73 bits per heavy atom. The maximum Gasteiger partial charge on any atom is 0.416 e. The minimum atomic E-state index is -4.53. The molecule has 5 rings (SSSR count). The van der Waals surface area contributed by atoms with E-state index in [0.29, 0.717) is 39.5 Å². The van der Waals surface area contributed by atoms with Crippen LogP contribution in [0.3, 0.4) is 0 Å². The molecule has 1 N–H and O–H groups in total. The molecule has 1 saturated heterocycles. The summed E-state index contributed by atoms with van der Waals surface area (Å²) in [6.45, 7) is 0.435. The first kappa shape index (κ1) is 26.0. The van der Waals surface area contributed by atoms with E-state index in [9.17, 15) is 21.6 Å². The molecule has 1 aliphatic rings. The van der Waals surface area contributed by atoms with Crippen molar-refractivity contribution in [2.24, 2.45) is 0 Å². The molecule has 0 amide bonds. The van der Waals surface area contributed by atoms with Crippen LogP contribution in [0.25, 0.3) is 16.9 Å². The van der Waals surface area contributed by atoms with Crippen LogP contribution in [0, 0.1) is 0 Å². The van der Waals surface area contributed by atoms with Gasteiger partial charge in [0.2, 0.25) is 10.0 Å². The van der Waals surface area contributed by atoms with Crippen molar-refractivity contribution in [2.45, 2.75) is 30.0 Å². The highest BCUT2D eigenvalue weighted by atomic mass is 79.9. The predicted molar refractivity (Wildman–Crippen MR) is 138 cm³/mol. The second kappa shape index (κ2) is 9.90. The van der Waals surface area contributed by atoms with Crippen molar-refractivity contribution in [2.75, 3.05) is 18.4 Å². The summed E-state index contributed by atoms with van der Waals surface area (Å²) in [4.78, 5) is 4.53. The predicted octanol–water partition coefficient (Wildman–Crippen LogP) is 6.10. The minimum Gasteiger partial charge on any atom is -0.367 e. The first-order valence-corrected chi connectivity index (χ1v) is 13.9. The summed E-state index contributed by atoms with van der Waals surface area (Å²) in [5, 5.41) is 8.40. The van der Waals surface area contributed by atoms with Crippen LogP contribution in [0.5, 0.6) is 0 Å². The van der Waals surface area contributed by atoms with Crippen molar-refractivity contribution in [3.05, 3.63) is 75.9 Å². The number of hydrogen-bond donors (Lipinski definition) is 1. The number of benzene rings is 2. The lowest BCUT2D eigenvalue weighted by Gasteiger charge is -2.32. The minimum absolute atomic E-state index is 0.0632. The van der Waals surface area contributed by atoms with Crippen molar-refractivity contribution in [3.8, 4) is 11.3 Å². The summed E-state index contributed by atoms with van der Waals surface area (Å²) in [6.07, 6.45) is -1.90. The quantitative estimate of drug-likeness (QED) is 0.294. The molecular weight excluding hydrogens is 595 g/mol. The zero-order valence-electron chi connectivity index (χ0n) is 19.1. The van der Waals surface area contributed by atoms with Crippen LogP contribution in [0.1, 0.15) is 18.4 Å². The summed E-state index contributed by atoms with van der Waals surface area (Å²) in [7, 11) is -3.91. The average Bonchev–Trinajstić information content (AvgIpc) is 3.25. The van der Waals surface area contributed by atoms with Gasteiger partial charge >= 0.3 is 6.18 Å². The van der Waals surface area contributed by atoms with E-state index in [1.165, 1.54) is 4.31 Å². The zero-order valence-corrected chi connectivity index (χ0v) is 22.2. The van der Waals surface area contributed by atoms with E-state index in [1.54, 1.807) is 16.8 Å². The summed E-state index contributed by atoms with van der Waals surface area (Å²) in [5.41, 5.74) is 1.13. The van der Waals surface area contributed by atoms with Crippen LogP contribution >= 0.6 is 27.5 Å². The smallest absolute Gasteiger partial charge is 0.367 e. The van der Waals surface area contributed by atoms with Gasteiger partial charge in [0.25, 0.3) is 0 Å². The maximum atomic E-state index is 13.0. The van der Waals surface area contributed by atoms with Gasteiger partial charge in [-0.1, -0.05) is 29.8 Å². The molecule has 0 bridgehead atoms. The van der Waals surface area contributed by atoms with Crippen LogP contribution in [0.4, 0.5) is 19.0 Å². The van der Waals surface area contributed by atoms with Gasteiger partial charge in [0.15, 0.2) is 5.65 Å². The molecule has 0 spiro atoms. The molecule has 13 heteroatoms. The van der Waals surface area contributed by atoms with Crippen molar-refractivity contribution >= 4 is 49.0 Å². The highest BCUT2D eigenvalue weighted by molar-refractivity contribution is 9.10. The van der Waals surface area contributed by atoms with E-state index in [1.807, 2.05) is 24.3 Å². The number of sulfonamides is 1. The summed E-state index contributed by atoms with van der Waals surface area (Å²) in [5.74, 6) is 0.676. The fourth-order valence-corrected chi connectivity index (χ4v) is 6.31. The van der Waals surface area contributed by atoms with Crippen LogP contribution in [-0.4, -0.2) is 46.5 Å². The molecule has 194 valence electrons. The Morgan fingerprint density at radius 1 is 1.05 bits per heavy atom. The molecular formula is C24H20BrClF3N5O2S. The van der Waals surface area contributed by atoms with Crippen molar-refractivity contribution < 1.29 is 21.6 Å². The molecule has 0 saturated carbocycles. The summed E-state index contributed by atoms with van der Waals surface area (Å²) in [6, 6.07) is 12.7. The molecule has 1 aliphatic heterocycles. The standard InChI is InChI=1S/C24H20BrClF3N5O2S/c25-19-14-30-34-22(13-21(32-23(19)34)18-3-1-2-4-20(18)26)31-16-9-11-33(12-10-16)37(35,36)17-7-5-15(6-8-17)24(27,28)29/h1-8,13-14,16,31H,9-12H2. The van der Waals surface area contributed by atoms with Gasteiger partial charge in [0.1, 0.15) is 5.82 Å². The Morgan fingerprint density at radius 3 is 2.38 bits per heavy atom. The fourth-order valence-electron chi connectivity index (χ4n) is 4.26. The van der Waals surface area contributed by atoms with Crippen LogP contribution in [0.15, 0.2) is 70.2 Å². The van der Waals surface area contributed by atoms with Crippen LogP contribution < -0.4 is 5.32 Å². The molecule has 0 radical (unpaired) electrons. The molecule has 3 heterocycles. The number of hydrogen-bond acceptors (Lipinski definition) is 5. The number of rotatable bonds is 5. The lowest BCUT2D eigenvalue weighted by Crippen LogP contribution is -2.42. The molecule has 37 heavy (non-hydrogen) atoms. The Labute approximate surface area is 224 Å². The highest BCUT2D eigenvalue weighted by Gasteiger charge is 2.33. The topological polar surface area (TPSA) is 79.6 Å². The normalized spacial score (nSPS) is 15.8. The lowest BCUT2D eigenvalue weighted by atomic mass is 10.1. The third-order valence-corrected chi connectivity index (χ3v) is 9.01. The van der Waals surface area contributed by atoms with E-state index in [-0.39, 0.29) is 24.0 Å². The number of alkyl halides is 3. The summed E-state index contributed by atoms with van der Waals surface area (Å²) < 4.78 is 68.2. The molecule has 1 fully saturated rings. The molecule has 0 unspecified atom stereocenters. The van der Waals surface area contributed by atoms with Gasteiger partial charge in [-0.15, -0.1) is 0 Å². The van der Waals surface area contributed by atoms with E-state index in [2.05, 4.69) is 31.3 Å². The van der Waals surface area contributed by atoms with Gasteiger partial charge in [-0.25, -0.2) is 13.4 Å². The Bertz CT molecular complexity index is 1550. The van der Waals surface area contributed by atoms with Gasteiger partial charge < -0.3 is 5.32 Å². The van der Waals surface area contributed by atoms with Crippen molar-refractivity contribution in [3.63, 3.8) is 0 Å². The van der Waals surface area contributed by atoms with Crippen LogP contribution in [0.2, 0.25) is 5.02 Å². The average molecular weight is 615 g/mol. The second-order valence-corrected chi connectivity index (χ2v) is 11.8. The van der Waals surface area contributed by atoms with Gasteiger partial charge in [-0.2, -0.15) is 27.1 Å². The molecule has 4 aromatic rings. The zero-order chi connectivity index (χ0) is 26.4. The van der Waals surface area contributed by atoms with Gasteiger partial charge in [0, 0.05) is 35.8 Å². The third kappa shape index (κ3) is 5.20. The monoisotopic (exact) mass is 613 g/mol. The lowest BCUT2D eigenvalue weighted by molar-refractivity contribution is -0.137. The van der Waals surface area contributed by atoms with Gasteiger partial charge in [-0.3, -0.25) is 0 Å². The highest BCUT2D eigenvalue weighted by Crippen LogP contribution is 2.32. The molecule has 2 aromatic heterocycles. The largest absolute Gasteiger partial charge is 0.416 e. The number of anilines is 1. The van der Waals surface area contributed by atoms with Crippen LogP contribution in [-0.2, 0) is 16.2 Å². The maximum absolute atomic E-state index is 13.0. The Hall–Kier alpha value is -2.67. The first-order chi connectivity index (χ1) is 17.5.